The minimum absolute atomic E-state index is 0.361. The SMILES string of the molecule is CCCN(CC)Cc1ccc(C)cc1C(F)(F)F. The maximum atomic E-state index is 13.0. The Balaban J connectivity index is 3.01. The Labute approximate surface area is 107 Å². The zero-order chi connectivity index (χ0) is 13.8. The van der Waals surface area contributed by atoms with Gasteiger partial charge >= 0.3 is 6.18 Å². The molecule has 0 amide bonds. The van der Waals surface area contributed by atoms with E-state index >= 15 is 0 Å². The third-order valence-corrected chi connectivity index (χ3v) is 2.95. The predicted octanol–water partition coefficient (Wildman–Crippen LogP) is 4.25. The molecular weight excluding hydrogens is 239 g/mol. The van der Waals surface area contributed by atoms with Crippen molar-refractivity contribution >= 4 is 0 Å². The van der Waals surface area contributed by atoms with Crippen molar-refractivity contribution in [3.63, 3.8) is 0 Å². The van der Waals surface area contributed by atoms with Crippen LogP contribution in [0.25, 0.3) is 0 Å². The zero-order valence-corrected chi connectivity index (χ0v) is 11.1. The second kappa shape index (κ2) is 6.23. The number of rotatable bonds is 5. The molecule has 1 rings (SSSR count). The van der Waals surface area contributed by atoms with Crippen molar-refractivity contribution in [3.05, 3.63) is 34.9 Å². The zero-order valence-electron chi connectivity index (χ0n) is 11.1. The van der Waals surface area contributed by atoms with E-state index in [1.54, 1.807) is 19.1 Å². The summed E-state index contributed by atoms with van der Waals surface area (Å²) >= 11 is 0. The molecule has 0 atom stereocenters. The first-order valence-electron chi connectivity index (χ1n) is 6.27. The molecule has 1 aromatic rings. The van der Waals surface area contributed by atoms with Crippen LogP contribution in [0.2, 0.25) is 0 Å². The van der Waals surface area contributed by atoms with Gasteiger partial charge in [0.2, 0.25) is 0 Å². The number of halogens is 3. The Kier molecular flexibility index (Phi) is 5.20. The fourth-order valence-corrected chi connectivity index (χ4v) is 2.00. The number of nitrogens with zero attached hydrogens (tertiary/aromatic N) is 1. The van der Waals surface area contributed by atoms with E-state index in [0.29, 0.717) is 17.7 Å². The van der Waals surface area contributed by atoms with E-state index in [1.165, 1.54) is 6.07 Å². The summed E-state index contributed by atoms with van der Waals surface area (Å²) in [6, 6.07) is 4.57. The molecule has 1 nitrogen and oxygen atoms in total. The van der Waals surface area contributed by atoms with Crippen LogP contribution in [0.15, 0.2) is 18.2 Å². The summed E-state index contributed by atoms with van der Waals surface area (Å²) < 4.78 is 38.9. The van der Waals surface area contributed by atoms with Crippen molar-refractivity contribution < 1.29 is 13.2 Å². The molecule has 1 aromatic carbocycles. The van der Waals surface area contributed by atoms with Gasteiger partial charge in [-0.25, -0.2) is 0 Å². The number of aryl methyl sites for hydroxylation is 1. The van der Waals surface area contributed by atoms with Crippen LogP contribution in [0.1, 0.15) is 37.0 Å². The van der Waals surface area contributed by atoms with Gasteiger partial charge in [0.25, 0.3) is 0 Å². The maximum absolute atomic E-state index is 13.0. The lowest BCUT2D eigenvalue weighted by Crippen LogP contribution is -2.25. The summed E-state index contributed by atoms with van der Waals surface area (Å²) in [5, 5.41) is 0. The van der Waals surface area contributed by atoms with E-state index in [2.05, 4.69) is 0 Å². The normalized spacial score (nSPS) is 12.2. The molecule has 0 N–H and O–H groups in total. The molecule has 0 aliphatic carbocycles. The molecule has 0 bridgehead atoms. The van der Waals surface area contributed by atoms with Crippen molar-refractivity contribution in [2.45, 2.75) is 39.9 Å². The van der Waals surface area contributed by atoms with E-state index in [-0.39, 0.29) is 0 Å². The molecule has 0 radical (unpaired) electrons. The number of hydrogen-bond acceptors (Lipinski definition) is 1. The molecule has 0 saturated carbocycles. The van der Waals surface area contributed by atoms with Gasteiger partial charge in [0.1, 0.15) is 0 Å². The van der Waals surface area contributed by atoms with Gasteiger partial charge in [-0.05, 0) is 38.1 Å². The van der Waals surface area contributed by atoms with Crippen LogP contribution in [-0.2, 0) is 12.7 Å². The second-order valence-electron chi connectivity index (χ2n) is 4.53. The van der Waals surface area contributed by atoms with Gasteiger partial charge in [0, 0.05) is 6.54 Å². The fourth-order valence-electron chi connectivity index (χ4n) is 2.00. The number of benzene rings is 1. The average molecular weight is 259 g/mol. The molecule has 0 saturated heterocycles. The second-order valence-corrected chi connectivity index (χ2v) is 4.53. The van der Waals surface area contributed by atoms with Gasteiger partial charge in [-0.1, -0.05) is 31.5 Å². The minimum atomic E-state index is -4.27. The summed E-state index contributed by atoms with van der Waals surface area (Å²) in [5.74, 6) is 0. The van der Waals surface area contributed by atoms with Gasteiger partial charge in [-0.2, -0.15) is 13.2 Å². The van der Waals surface area contributed by atoms with Crippen molar-refractivity contribution in [2.75, 3.05) is 13.1 Å². The van der Waals surface area contributed by atoms with E-state index in [1.807, 2.05) is 18.7 Å². The molecule has 4 heteroatoms. The lowest BCUT2D eigenvalue weighted by molar-refractivity contribution is -0.138. The Morgan fingerprint density at radius 3 is 2.33 bits per heavy atom. The summed E-state index contributed by atoms with van der Waals surface area (Å²) in [5.41, 5.74) is 0.505. The first kappa shape index (κ1) is 15.0. The maximum Gasteiger partial charge on any atom is 0.416 e. The lowest BCUT2D eigenvalue weighted by Gasteiger charge is -2.22. The molecule has 0 aliphatic rings. The third kappa shape index (κ3) is 4.02. The molecule has 0 aliphatic heterocycles. The topological polar surface area (TPSA) is 3.24 Å². The highest BCUT2D eigenvalue weighted by Gasteiger charge is 2.33. The molecule has 102 valence electrons. The van der Waals surface area contributed by atoms with Gasteiger partial charge < -0.3 is 0 Å². The van der Waals surface area contributed by atoms with Crippen molar-refractivity contribution in [2.24, 2.45) is 0 Å². The van der Waals surface area contributed by atoms with E-state index in [4.69, 9.17) is 0 Å². The monoisotopic (exact) mass is 259 g/mol. The fraction of sp³-hybridized carbons (Fsp3) is 0.571. The number of hydrogen-bond donors (Lipinski definition) is 0. The van der Waals surface area contributed by atoms with Crippen LogP contribution >= 0.6 is 0 Å². The van der Waals surface area contributed by atoms with Crippen LogP contribution < -0.4 is 0 Å². The van der Waals surface area contributed by atoms with Gasteiger partial charge in [0.15, 0.2) is 0 Å². The molecule has 0 fully saturated rings. The van der Waals surface area contributed by atoms with Crippen molar-refractivity contribution in [1.29, 1.82) is 0 Å². The first-order valence-corrected chi connectivity index (χ1v) is 6.27. The average Bonchev–Trinajstić information content (AvgIpc) is 2.29. The highest BCUT2D eigenvalue weighted by Crippen LogP contribution is 2.33. The smallest absolute Gasteiger partial charge is 0.299 e. The van der Waals surface area contributed by atoms with Crippen LogP contribution in [-0.4, -0.2) is 18.0 Å². The van der Waals surface area contributed by atoms with E-state index < -0.39 is 11.7 Å². The largest absolute Gasteiger partial charge is 0.416 e. The quantitative estimate of drug-likeness (QED) is 0.764. The highest BCUT2D eigenvalue weighted by atomic mass is 19.4. The van der Waals surface area contributed by atoms with Crippen molar-refractivity contribution in [3.8, 4) is 0 Å². The third-order valence-electron chi connectivity index (χ3n) is 2.95. The molecule has 18 heavy (non-hydrogen) atoms. The molecular formula is C14H20F3N. The minimum Gasteiger partial charge on any atom is -0.299 e. The Morgan fingerprint density at radius 2 is 1.83 bits per heavy atom. The summed E-state index contributed by atoms with van der Waals surface area (Å²) in [6.45, 7) is 7.63. The molecule has 0 spiro atoms. The Bertz CT molecular complexity index is 385. The van der Waals surface area contributed by atoms with E-state index in [9.17, 15) is 13.2 Å². The summed E-state index contributed by atoms with van der Waals surface area (Å²) in [6.07, 6.45) is -3.33. The molecule has 0 heterocycles. The van der Waals surface area contributed by atoms with Gasteiger partial charge in [-0.15, -0.1) is 0 Å². The van der Waals surface area contributed by atoms with Crippen LogP contribution in [0.4, 0.5) is 13.2 Å². The van der Waals surface area contributed by atoms with Crippen LogP contribution in [0.5, 0.6) is 0 Å². The summed E-state index contributed by atoms with van der Waals surface area (Å²) in [7, 11) is 0. The molecule has 0 unspecified atom stereocenters. The van der Waals surface area contributed by atoms with Gasteiger partial charge in [-0.3, -0.25) is 4.90 Å². The van der Waals surface area contributed by atoms with Crippen molar-refractivity contribution in [1.82, 2.24) is 4.90 Å². The van der Waals surface area contributed by atoms with E-state index in [0.717, 1.165) is 19.5 Å². The number of alkyl halides is 3. The first-order chi connectivity index (χ1) is 8.38. The van der Waals surface area contributed by atoms with Crippen LogP contribution in [0, 0.1) is 6.92 Å². The Morgan fingerprint density at radius 1 is 1.17 bits per heavy atom. The highest BCUT2D eigenvalue weighted by molar-refractivity contribution is 5.33. The van der Waals surface area contributed by atoms with Gasteiger partial charge in [0.05, 0.1) is 5.56 Å². The van der Waals surface area contributed by atoms with Crippen LogP contribution in [0.3, 0.4) is 0 Å². The lowest BCUT2D eigenvalue weighted by atomic mass is 10.0. The summed E-state index contributed by atoms with van der Waals surface area (Å²) in [4.78, 5) is 2.03. The standard InChI is InChI=1S/C14H20F3N/c1-4-8-18(5-2)10-12-7-6-11(3)9-13(12)14(15,16)17/h6-7,9H,4-5,8,10H2,1-3H3. The predicted molar refractivity (Wildman–Crippen MR) is 67.4 cm³/mol. The molecule has 0 aromatic heterocycles. The Hall–Kier alpha value is -1.03.